The lowest BCUT2D eigenvalue weighted by atomic mass is 9.98. The predicted molar refractivity (Wildman–Crippen MR) is 45.2 cm³/mol. The molecule has 0 aromatic rings. The van der Waals surface area contributed by atoms with Crippen LogP contribution in [0.25, 0.3) is 10.4 Å². The van der Waals surface area contributed by atoms with Crippen molar-refractivity contribution in [2.24, 2.45) is 16.4 Å². The Morgan fingerprint density at radius 1 is 1.83 bits per heavy atom. The minimum Gasteiger partial charge on any atom is -0.292 e. The Hall–Kier alpha value is -1.28. The average Bonchev–Trinajstić information content (AvgIpc) is 2.65. The molecule has 0 spiro atoms. The second kappa shape index (κ2) is 2.64. The zero-order valence-corrected chi connectivity index (χ0v) is 7.24. The van der Waals surface area contributed by atoms with Gasteiger partial charge < -0.3 is 0 Å². The number of azide groups is 1. The Morgan fingerprint density at radius 3 is 2.75 bits per heavy atom. The van der Waals surface area contributed by atoms with Crippen molar-refractivity contribution in [3.8, 4) is 0 Å². The molecule has 1 saturated carbocycles. The molecule has 0 radical (unpaired) electrons. The highest BCUT2D eigenvalue weighted by Crippen LogP contribution is 2.57. The first-order chi connectivity index (χ1) is 5.52. The molecule has 4 heteroatoms. The molecule has 0 aromatic heterocycles. The third-order valence-electron chi connectivity index (χ3n) is 2.65. The average molecular weight is 165 g/mol. The van der Waals surface area contributed by atoms with Crippen LogP contribution in [-0.4, -0.2) is 5.91 Å². The maximum atomic E-state index is 11.1. The third kappa shape index (κ3) is 1.21. The van der Waals surface area contributed by atoms with Crippen molar-refractivity contribution in [2.45, 2.75) is 20.3 Å². The molecule has 0 saturated heterocycles. The standard InChI is InChI=1S/C8H11N3O/c1-5(2)8(3)4-6(8)7(12)10-11-9/h6H,1,4H2,2-3H3/t6-,8-/m0/s1. The molecule has 0 heterocycles. The van der Waals surface area contributed by atoms with E-state index in [1.165, 1.54) is 0 Å². The normalized spacial score (nSPS) is 32.0. The Kier molecular flexibility index (Phi) is 1.94. The minimum absolute atomic E-state index is 0.120. The van der Waals surface area contributed by atoms with Crippen molar-refractivity contribution in [3.05, 3.63) is 22.6 Å². The van der Waals surface area contributed by atoms with Crippen LogP contribution in [-0.2, 0) is 4.79 Å². The van der Waals surface area contributed by atoms with E-state index in [4.69, 9.17) is 5.53 Å². The van der Waals surface area contributed by atoms with Gasteiger partial charge in [-0.3, -0.25) is 4.79 Å². The summed E-state index contributed by atoms with van der Waals surface area (Å²) in [5.41, 5.74) is 8.90. The Labute approximate surface area is 70.9 Å². The van der Waals surface area contributed by atoms with Crippen LogP contribution in [0.15, 0.2) is 17.3 Å². The number of hydrogen-bond acceptors (Lipinski definition) is 1. The first kappa shape index (κ1) is 8.81. The van der Waals surface area contributed by atoms with E-state index in [-0.39, 0.29) is 17.2 Å². The number of amides is 1. The topological polar surface area (TPSA) is 65.8 Å². The third-order valence-corrected chi connectivity index (χ3v) is 2.65. The monoisotopic (exact) mass is 165 g/mol. The summed E-state index contributed by atoms with van der Waals surface area (Å²) in [6.07, 6.45) is 0.764. The van der Waals surface area contributed by atoms with Gasteiger partial charge in [-0.15, -0.1) is 0 Å². The van der Waals surface area contributed by atoms with Gasteiger partial charge in [-0.2, -0.15) is 0 Å². The molecule has 1 fully saturated rings. The lowest BCUT2D eigenvalue weighted by molar-refractivity contribution is -0.119. The van der Waals surface area contributed by atoms with Crippen LogP contribution in [0.1, 0.15) is 20.3 Å². The van der Waals surface area contributed by atoms with Gasteiger partial charge in [0.05, 0.1) is 0 Å². The molecule has 64 valence electrons. The fourth-order valence-electron chi connectivity index (χ4n) is 1.31. The highest BCUT2D eigenvalue weighted by molar-refractivity contribution is 5.84. The molecule has 0 aliphatic heterocycles. The summed E-state index contributed by atoms with van der Waals surface area (Å²) in [7, 11) is 0. The second-order valence-corrected chi connectivity index (χ2v) is 3.48. The summed E-state index contributed by atoms with van der Waals surface area (Å²) < 4.78 is 0. The van der Waals surface area contributed by atoms with E-state index in [9.17, 15) is 4.79 Å². The first-order valence-corrected chi connectivity index (χ1v) is 3.77. The molecule has 4 nitrogen and oxygen atoms in total. The van der Waals surface area contributed by atoms with Gasteiger partial charge in [0.2, 0.25) is 5.91 Å². The van der Waals surface area contributed by atoms with Crippen molar-refractivity contribution in [2.75, 3.05) is 0 Å². The molecular weight excluding hydrogens is 154 g/mol. The van der Waals surface area contributed by atoms with E-state index < -0.39 is 0 Å². The Bertz CT molecular complexity index is 291. The van der Waals surface area contributed by atoms with Gasteiger partial charge in [-0.05, 0) is 29.4 Å². The summed E-state index contributed by atoms with van der Waals surface area (Å²) in [5, 5.41) is 3.06. The van der Waals surface area contributed by atoms with Crippen molar-refractivity contribution in [1.29, 1.82) is 0 Å². The summed E-state index contributed by atoms with van der Waals surface area (Å²) >= 11 is 0. The zero-order chi connectivity index (χ0) is 9.35. The summed E-state index contributed by atoms with van der Waals surface area (Å²) in [6.45, 7) is 7.65. The molecule has 1 amide bonds. The number of allylic oxidation sites excluding steroid dienone is 1. The molecule has 0 unspecified atom stereocenters. The van der Waals surface area contributed by atoms with Gasteiger partial charge in [0.1, 0.15) is 0 Å². The van der Waals surface area contributed by atoms with Crippen LogP contribution in [0.2, 0.25) is 0 Å². The lowest BCUT2D eigenvalue weighted by Crippen LogP contribution is -2.05. The fraction of sp³-hybridized carbons (Fsp3) is 0.625. The van der Waals surface area contributed by atoms with E-state index in [1.807, 2.05) is 13.8 Å². The van der Waals surface area contributed by atoms with Gasteiger partial charge in [0.25, 0.3) is 0 Å². The maximum Gasteiger partial charge on any atom is 0.222 e. The molecule has 0 aromatic carbocycles. The number of carbonyl (C=O) groups excluding carboxylic acids is 1. The number of nitrogens with zero attached hydrogens (tertiary/aromatic N) is 3. The van der Waals surface area contributed by atoms with Crippen molar-refractivity contribution in [1.82, 2.24) is 0 Å². The van der Waals surface area contributed by atoms with Crippen molar-refractivity contribution >= 4 is 5.91 Å². The van der Waals surface area contributed by atoms with E-state index >= 15 is 0 Å². The van der Waals surface area contributed by atoms with Crippen LogP contribution >= 0.6 is 0 Å². The molecule has 1 aliphatic carbocycles. The van der Waals surface area contributed by atoms with Crippen LogP contribution in [0.5, 0.6) is 0 Å². The van der Waals surface area contributed by atoms with Crippen molar-refractivity contribution in [3.63, 3.8) is 0 Å². The maximum absolute atomic E-state index is 11.1. The Balaban J connectivity index is 2.69. The molecule has 1 aliphatic rings. The van der Waals surface area contributed by atoms with Crippen LogP contribution in [0, 0.1) is 11.3 Å². The molecule has 1 rings (SSSR count). The van der Waals surface area contributed by atoms with Crippen LogP contribution in [0.3, 0.4) is 0 Å². The fourth-order valence-corrected chi connectivity index (χ4v) is 1.31. The molecule has 12 heavy (non-hydrogen) atoms. The van der Waals surface area contributed by atoms with Gasteiger partial charge in [-0.25, -0.2) is 0 Å². The largest absolute Gasteiger partial charge is 0.292 e. The van der Waals surface area contributed by atoms with Crippen LogP contribution < -0.4 is 0 Å². The smallest absolute Gasteiger partial charge is 0.222 e. The van der Waals surface area contributed by atoms with E-state index in [0.29, 0.717) is 0 Å². The van der Waals surface area contributed by atoms with Crippen LogP contribution in [0.4, 0.5) is 0 Å². The van der Waals surface area contributed by atoms with Gasteiger partial charge >= 0.3 is 0 Å². The van der Waals surface area contributed by atoms with Gasteiger partial charge in [-0.1, -0.05) is 19.1 Å². The van der Waals surface area contributed by atoms with Crippen molar-refractivity contribution < 1.29 is 4.79 Å². The summed E-state index contributed by atoms with van der Waals surface area (Å²) in [4.78, 5) is 13.5. The minimum atomic E-state index is -0.358. The summed E-state index contributed by atoms with van der Waals surface area (Å²) in [6, 6.07) is 0. The second-order valence-electron chi connectivity index (χ2n) is 3.48. The number of carbonyl (C=O) groups is 1. The highest BCUT2D eigenvalue weighted by Gasteiger charge is 2.54. The van der Waals surface area contributed by atoms with E-state index in [2.05, 4.69) is 16.6 Å². The molecule has 0 N–H and O–H groups in total. The molecule has 0 bridgehead atoms. The molecular formula is C8H11N3O. The first-order valence-electron chi connectivity index (χ1n) is 3.77. The quantitative estimate of drug-likeness (QED) is 0.268. The SMILES string of the molecule is C=C(C)[C@]1(C)C[C@H]1C(=O)N=[N+]=[N-]. The highest BCUT2D eigenvalue weighted by atomic mass is 16.2. The number of hydrogen-bond donors (Lipinski definition) is 0. The Morgan fingerprint density at radius 2 is 2.42 bits per heavy atom. The lowest BCUT2D eigenvalue weighted by Gasteiger charge is -2.07. The number of rotatable bonds is 2. The van der Waals surface area contributed by atoms with Gasteiger partial charge in [0.15, 0.2) is 0 Å². The predicted octanol–water partition coefficient (Wildman–Crippen LogP) is 2.43. The van der Waals surface area contributed by atoms with E-state index in [1.54, 1.807) is 0 Å². The van der Waals surface area contributed by atoms with Gasteiger partial charge in [0, 0.05) is 10.8 Å². The zero-order valence-electron chi connectivity index (χ0n) is 7.24. The molecule has 2 atom stereocenters. The van der Waals surface area contributed by atoms with E-state index in [0.717, 1.165) is 12.0 Å². The summed E-state index contributed by atoms with van der Waals surface area (Å²) in [5.74, 6) is -0.492.